The van der Waals surface area contributed by atoms with E-state index in [0.717, 1.165) is 21.8 Å². The number of carbonyl (C=O) groups is 1. The van der Waals surface area contributed by atoms with E-state index in [4.69, 9.17) is 16.3 Å². The third kappa shape index (κ3) is 1.94. The average molecular weight is 275 g/mol. The van der Waals surface area contributed by atoms with Crippen molar-refractivity contribution in [3.63, 3.8) is 0 Å². The van der Waals surface area contributed by atoms with Gasteiger partial charge in [0.25, 0.3) is 0 Å². The molecular weight excluding hydrogens is 264 g/mol. The summed E-state index contributed by atoms with van der Waals surface area (Å²) in [4.78, 5) is 18.9. The van der Waals surface area contributed by atoms with Gasteiger partial charge in [-0.05, 0) is 19.1 Å². The first-order valence-electron chi connectivity index (χ1n) is 5.92. The smallest absolute Gasteiger partial charge is 0.338 e. The minimum absolute atomic E-state index is 0.327. The van der Waals surface area contributed by atoms with Crippen LogP contribution in [0.1, 0.15) is 17.3 Å². The highest BCUT2D eigenvalue weighted by Crippen LogP contribution is 2.30. The van der Waals surface area contributed by atoms with Crippen molar-refractivity contribution in [3.05, 3.63) is 41.2 Å². The number of esters is 1. The maximum absolute atomic E-state index is 11.7. The number of hydrogen-bond donors (Lipinski definition) is 1. The van der Waals surface area contributed by atoms with Crippen LogP contribution in [-0.4, -0.2) is 22.5 Å². The lowest BCUT2D eigenvalue weighted by atomic mass is 10.1. The van der Waals surface area contributed by atoms with Crippen LogP contribution in [0.2, 0.25) is 5.02 Å². The number of hydrogen-bond acceptors (Lipinski definition) is 3. The summed E-state index contributed by atoms with van der Waals surface area (Å²) in [6, 6.07) is 5.38. The number of rotatable bonds is 2. The first kappa shape index (κ1) is 12.0. The zero-order valence-corrected chi connectivity index (χ0v) is 11.0. The zero-order chi connectivity index (χ0) is 13.4. The van der Waals surface area contributed by atoms with Crippen LogP contribution in [0.25, 0.3) is 21.8 Å². The van der Waals surface area contributed by atoms with Crippen molar-refractivity contribution in [1.29, 1.82) is 0 Å². The Balaban J connectivity index is 2.22. The molecular formula is C14H11ClN2O2. The third-order valence-electron chi connectivity index (χ3n) is 2.97. The molecule has 0 radical (unpaired) electrons. The van der Waals surface area contributed by atoms with Crippen LogP contribution in [0.15, 0.2) is 30.6 Å². The maximum Gasteiger partial charge on any atom is 0.338 e. The minimum Gasteiger partial charge on any atom is -0.462 e. The quantitative estimate of drug-likeness (QED) is 0.727. The molecule has 0 aliphatic heterocycles. The van der Waals surface area contributed by atoms with Gasteiger partial charge in [0.1, 0.15) is 0 Å². The molecule has 4 nitrogen and oxygen atoms in total. The Bertz CT molecular complexity index is 780. The second-order valence-corrected chi connectivity index (χ2v) is 4.56. The fourth-order valence-electron chi connectivity index (χ4n) is 2.16. The van der Waals surface area contributed by atoms with Gasteiger partial charge < -0.3 is 9.72 Å². The van der Waals surface area contributed by atoms with E-state index in [0.29, 0.717) is 17.2 Å². The summed E-state index contributed by atoms with van der Waals surface area (Å²) in [6.45, 7) is 2.14. The van der Waals surface area contributed by atoms with Gasteiger partial charge in [0, 0.05) is 22.5 Å². The number of nitrogens with one attached hydrogen (secondary N) is 1. The van der Waals surface area contributed by atoms with Gasteiger partial charge in [-0.15, -0.1) is 0 Å². The van der Waals surface area contributed by atoms with E-state index in [-0.39, 0.29) is 5.97 Å². The molecule has 0 atom stereocenters. The molecule has 3 aromatic rings. The number of aromatic nitrogens is 2. The molecule has 0 unspecified atom stereocenters. The Labute approximate surface area is 114 Å². The molecule has 2 heterocycles. The van der Waals surface area contributed by atoms with Gasteiger partial charge in [-0.3, -0.25) is 4.98 Å². The van der Waals surface area contributed by atoms with E-state index in [2.05, 4.69) is 9.97 Å². The summed E-state index contributed by atoms with van der Waals surface area (Å²) in [5.74, 6) is -0.327. The predicted octanol–water partition coefficient (Wildman–Crippen LogP) is 3.55. The molecule has 19 heavy (non-hydrogen) atoms. The van der Waals surface area contributed by atoms with Crippen LogP contribution < -0.4 is 0 Å². The third-order valence-corrected chi connectivity index (χ3v) is 3.26. The highest BCUT2D eigenvalue weighted by Gasteiger charge is 2.11. The van der Waals surface area contributed by atoms with Gasteiger partial charge in [0.15, 0.2) is 0 Å². The number of H-pyrrole nitrogens is 1. The van der Waals surface area contributed by atoms with Crippen molar-refractivity contribution in [2.75, 3.05) is 6.61 Å². The Morgan fingerprint density at radius 2 is 2.21 bits per heavy atom. The van der Waals surface area contributed by atoms with Crippen molar-refractivity contribution in [3.8, 4) is 0 Å². The Morgan fingerprint density at radius 1 is 1.37 bits per heavy atom. The van der Waals surface area contributed by atoms with Gasteiger partial charge >= 0.3 is 5.97 Å². The van der Waals surface area contributed by atoms with Crippen LogP contribution in [0, 0.1) is 0 Å². The number of benzene rings is 1. The molecule has 0 bridgehead atoms. The molecule has 1 aromatic carbocycles. The molecule has 0 aliphatic carbocycles. The van der Waals surface area contributed by atoms with Crippen LogP contribution >= 0.6 is 11.6 Å². The number of fused-ring (bicyclic) bond motifs is 3. The first-order valence-corrected chi connectivity index (χ1v) is 6.30. The van der Waals surface area contributed by atoms with Crippen LogP contribution in [-0.2, 0) is 4.74 Å². The number of ether oxygens (including phenoxy) is 1. The fraction of sp³-hybridized carbons (Fsp3) is 0.143. The summed E-state index contributed by atoms with van der Waals surface area (Å²) in [6.07, 6.45) is 3.32. The summed E-state index contributed by atoms with van der Waals surface area (Å²) in [5.41, 5.74) is 2.21. The SMILES string of the molecule is CCOC(=O)c1ccc2c(c1)[nH]c1cncc(Cl)c12. The van der Waals surface area contributed by atoms with Gasteiger partial charge in [-0.25, -0.2) is 4.79 Å². The Kier molecular flexibility index (Phi) is 2.87. The number of carbonyl (C=O) groups excluding carboxylic acids is 1. The standard InChI is InChI=1S/C14H11ClN2O2/c1-2-19-14(18)8-3-4-9-11(5-8)17-12-7-16-6-10(15)13(9)12/h3-7,17H,2H2,1H3. The Hall–Kier alpha value is -2.07. The number of nitrogens with zero attached hydrogens (tertiary/aromatic N) is 1. The van der Waals surface area contributed by atoms with Crippen LogP contribution in [0.5, 0.6) is 0 Å². The van der Waals surface area contributed by atoms with Crippen molar-refractivity contribution in [2.24, 2.45) is 0 Å². The topological polar surface area (TPSA) is 55.0 Å². The molecule has 0 fully saturated rings. The second-order valence-electron chi connectivity index (χ2n) is 4.15. The van der Waals surface area contributed by atoms with Crippen molar-refractivity contribution in [2.45, 2.75) is 6.92 Å². The van der Waals surface area contributed by atoms with E-state index in [1.165, 1.54) is 0 Å². The van der Waals surface area contributed by atoms with Crippen molar-refractivity contribution in [1.82, 2.24) is 9.97 Å². The molecule has 3 rings (SSSR count). The monoisotopic (exact) mass is 274 g/mol. The van der Waals surface area contributed by atoms with E-state index in [9.17, 15) is 4.79 Å². The molecule has 96 valence electrons. The summed E-state index contributed by atoms with van der Waals surface area (Å²) >= 11 is 6.16. The molecule has 1 N–H and O–H groups in total. The highest BCUT2D eigenvalue weighted by atomic mass is 35.5. The number of pyridine rings is 1. The van der Waals surface area contributed by atoms with E-state index < -0.39 is 0 Å². The lowest BCUT2D eigenvalue weighted by Crippen LogP contribution is -2.03. The van der Waals surface area contributed by atoms with Crippen molar-refractivity contribution < 1.29 is 9.53 Å². The van der Waals surface area contributed by atoms with Crippen molar-refractivity contribution >= 4 is 39.4 Å². The van der Waals surface area contributed by atoms with Gasteiger partial charge in [0.2, 0.25) is 0 Å². The van der Waals surface area contributed by atoms with E-state index in [1.807, 2.05) is 6.07 Å². The summed E-state index contributed by atoms with van der Waals surface area (Å²) in [5, 5.41) is 2.48. The van der Waals surface area contributed by atoms with Gasteiger partial charge in [-0.2, -0.15) is 0 Å². The van der Waals surface area contributed by atoms with Crippen LogP contribution in [0.4, 0.5) is 0 Å². The number of halogens is 1. The predicted molar refractivity (Wildman–Crippen MR) is 74.6 cm³/mol. The molecule has 0 spiro atoms. The van der Waals surface area contributed by atoms with Crippen LogP contribution in [0.3, 0.4) is 0 Å². The number of aromatic amines is 1. The normalized spacial score (nSPS) is 11.1. The molecule has 2 aromatic heterocycles. The summed E-state index contributed by atoms with van der Waals surface area (Å²) in [7, 11) is 0. The minimum atomic E-state index is -0.327. The van der Waals surface area contributed by atoms with Gasteiger partial charge in [0.05, 0.1) is 28.9 Å². The Morgan fingerprint density at radius 3 is 3.00 bits per heavy atom. The van der Waals surface area contributed by atoms with E-state index in [1.54, 1.807) is 31.5 Å². The molecule has 0 aliphatic rings. The second kappa shape index (κ2) is 4.55. The molecule has 0 saturated carbocycles. The molecule has 5 heteroatoms. The average Bonchev–Trinajstić information content (AvgIpc) is 2.77. The highest BCUT2D eigenvalue weighted by molar-refractivity contribution is 6.37. The summed E-state index contributed by atoms with van der Waals surface area (Å²) < 4.78 is 4.98. The lowest BCUT2D eigenvalue weighted by Gasteiger charge is -2.01. The largest absolute Gasteiger partial charge is 0.462 e. The lowest BCUT2D eigenvalue weighted by molar-refractivity contribution is 0.0526. The first-order chi connectivity index (χ1) is 9.20. The molecule has 0 amide bonds. The molecule has 0 saturated heterocycles. The fourth-order valence-corrected chi connectivity index (χ4v) is 2.42. The zero-order valence-electron chi connectivity index (χ0n) is 10.2. The van der Waals surface area contributed by atoms with E-state index >= 15 is 0 Å². The maximum atomic E-state index is 11.7. The van der Waals surface area contributed by atoms with Gasteiger partial charge in [-0.1, -0.05) is 17.7 Å².